The molecule has 0 unspecified atom stereocenters. The molecule has 0 N–H and O–H groups in total. The molecule has 0 bridgehead atoms. The van der Waals surface area contributed by atoms with Crippen molar-refractivity contribution in [2.75, 3.05) is 0 Å². The lowest BCUT2D eigenvalue weighted by atomic mass is 10.1. The van der Waals surface area contributed by atoms with E-state index >= 15 is 0 Å². The highest BCUT2D eigenvalue weighted by Gasteiger charge is 2.20. The molecule has 0 radical (unpaired) electrons. The first-order chi connectivity index (χ1) is 15.5. The molecule has 0 aliphatic rings. The van der Waals surface area contributed by atoms with Gasteiger partial charge in [0.05, 0.1) is 5.01 Å². The van der Waals surface area contributed by atoms with Crippen molar-refractivity contribution in [3.05, 3.63) is 115 Å². The first-order valence-electron chi connectivity index (χ1n) is 9.79. The summed E-state index contributed by atoms with van der Waals surface area (Å²) in [6.45, 7) is 0.835. The average molecular weight is 503 g/mol. The number of rotatable bonds is 7. The highest BCUT2D eigenvalue weighted by atomic mass is 35.5. The monoisotopic (exact) mass is 501 g/mol. The third kappa shape index (κ3) is 5.67. The van der Waals surface area contributed by atoms with Gasteiger partial charge in [-0.25, -0.2) is 4.98 Å². The zero-order valence-corrected chi connectivity index (χ0v) is 19.9. The fraction of sp³-hybridized carbons (Fsp3) is 0.125. The van der Waals surface area contributed by atoms with E-state index in [1.54, 1.807) is 40.9 Å². The second kappa shape index (κ2) is 10.5. The van der Waals surface area contributed by atoms with Crippen LogP contribution in [0.25, 0.3) is 0 Å². The first-order valence-corrected chi connectivity index (χ1v) is 11.8. The van der Waals surface area contributed by atoms with Gasteiger partial charge in [0, 0.05) is 52.4 Å². The number of hydrogen-bond donors (Lipinski definition) is 0. The maximum atomic E-state index is 13.4. The lowest BCUT2D eigenvalue weighted by molar-refractivity contribution is 0.0724. The Morgan fingerprint density at radius 2 is 1.59 bits per heavy atom. The Morgan fingerprint density at radius 1 is 0.906 bits per heavy atom. The number of amides is 1. The molecule has 4 aromatic rings. The number of halogens is 3. The van der Waals surface area contributed by atoms with Crippen LogP contribution >= 0.6 is 46.1 Å². The Kier molecular flexibility index (Phi) is 7.43. The van der Waals surface area contributed by atoms with E-state index in [0.717, 1.165) is 21.7 Å². The molecular formula is C24H18Cl3N3OS. The number of pyridine rings is 1. The molecular weight excluding hydrogens is 485 g/mol. The molecule has 0 fully saturated rings. The van der Waals surface area contributed by atoms with Gasteiger partial charge >= 0.3 is 0 Å². The summed E-state index contributed by atoms with van der Waals surface area (Å²) in [6.07, 6.45) is 3.90. The first kappa shape index (κ1) is 22.7. The Morgan fingerprint density at radius 3 is 2.31 bits per heavy atom. The van der Waals surface area contributed by atoms with Crippen LogP contribution in [-0.4, -0.2) is 20.8 Å². The molecule has 0 aliphatic heterocycles. The fourth-order valence-corrected chi connectivity index (χ4v) is 4.79. The van der Waals surface area contributed by atoms with Crippen molar-refractivity contribution in [1.29, 1.82) is 0 Å². The standard InChI is InChI=1S/C24H18Cl3N3OS/c25-18-4-1-3-17(11-18)14-30(13-16-7-9-28-10-8-16)24(31)22-15-32-23(29-22)12-19-20(26)5-2-6-21(19)27/h1-11,15H,12-14H2. The van der Waals surface area contributed by atoms with Gasteiger partial charge in [0.25, 0.3) is 5.91 Å². The maximum absolute atomic E-state index is 13.4. The van der Waals surface area contributed by atoms with Gasteiger partial charge in [-0.15, -0.1) is 11.3 Å². The lowest BCUT2D eigenvalue weighted by Gasteiger charge is -2.22. The molecule has 32 heavy (non-hydrogen) atoms. The van der Waals surface area contributed by atoms with Crippen LogP contribution in [0, 0.1) is 0 Å². The van der Waals surface area contributed by atoms with Gasteiger partial charge in [-0.3, -0.25) is 9.78 Å². The van der Waals surface area contributed by atoms with Crippen molar-refractivity contribution in [3.8, 4) is 0 Å². The van der Waals surface area contributed by atoms with Crippen LogP contribution in [0.1, 0.15) is 32.2 Å². The summed E-state index contributed by atoms with van der Waals surface area (Å²) in [5.74, 6) is -0.158. The minimum atomic E-state index is -0.158. The van der Waals surface area contributed by atoms with Crippen molar-refractivity contribution in [2.24, 2.45) is 0 Å². The molecule has 0 aliphatic carbocycles. The number of aromatic nitrogens is 2. The van der Waals surface area contributed by atoms with Gasteiger partial charge in [-0.05, 0) is 53.1 Å². The summed E-state index contributed by atoms with van der Waals surface area (Å²) < 4.78 is 0. The molecule has 162 valence electrons. The lowest BCUT2D eigenvalue weighted by Crippen LogP contribution is -2.30. The van der Waals surface area contributed by atoms with E-state index in [1.807, 2.05) is 36.4 Å². The summed E-state index contributed by atoms with van der Waals surface area (Å²) in [4.78, 5) is 23.8. The number of nitrogens with zero attached hydrogens (tertiary/aromatic N) is 3. The molecule has 0 saturated carbocycles. The van der Waals surface area contributed by atoms with Crippen LogP contribution in [-0.2, 0) is 19.5 Å². The van der Waals surface area contributed by atoms with E-state index in [2.05, 4.69) is 9.97 Å². The molecule has 2 heterocycles. The highest BCUT2D eigenvalue weighted by molar-refractivity contribution is 7.09. The molecule has 8 heteroatoms. The minimum absolute atomic E-state index is 0.158. The van der Waals surface area contributed by atoms with Crippen molar-refractivity contribution in [3.63, 3.8) is 0 Å². The summed E-state index contributed by atoms with van der Waals surface area (Å²) in [5, 5.41) is 4.35. The summed E-state index contributed by atoms with van der Waals surface area (Å²) in [5.41, 5.74) is 3.12. The summed E-state index contributed by atoms with van der Waals surface area (Å²) >= 11 is 20.2. The van der Waals surface area contributed by atoms with Crippen molar-refractivity contribution in [1.82, 2.24) is 14.9 Å². The second-order valence-corrected chi connectivity index (χ2v) is 9.34. The Bertz CT molecular complexity index is 1210. The van der Waals surface area contributed by atoms with E-state index in [0.29, 0.717) is 40.3 Å². The van der Waals surface area contributed by atoms with Crippen LogP contribution in [0.2, 0.25) is 15.1 Å². The van der Waals surface area contributed by atoms with E-state index in [4.69, 9.17) is 34.8 Å². The predicted molar refractivity (Wildman–Crippen MR) is 131 cm³/mol. The zero-order valence-electron chi connectivity index (χ0n) is 16.8. The SMILES string of the molecule is O=C(c1csc(Cc2c(Cl)cccc2Cl)n1)N(Cc1ccncc1)Cc1cccc(Cl)c1. The number of benzene rings is 2. The number of carbonyl (C=O) groups excluding carboxylic acids is 1. The summed E-state index contributed by atoms with van der Waals surface area (Å²) in [6, 6.07) is 16.7. The average Bonchev–Trinajstić information content (AvgIpc) is 3.25. The fourth-order valence-electron chi connectivity index (χ4n) is 3.27. The minimum Gasteiger partial charge on any atom is -0.329 e. The van der Waals surface area contributed by atoms with Crippen LogP contribution in [0.15, 0.2) is 72.4 Å². The van der Waals surface area contributed by atoms with Crippen molar-refractivity contribution in [2.45, 2.75) is 19.5 Å². The van der Waals surface area contributed by atoms with E-state index < -0.39 is 0 Å². The van der Waals surface area contributed by atoms with Gasteiger partial charge in [0.1, 0.15) is 5.69 Å². The van der Waals surface area contributed by atoms with Crippen LogP contribution in [0.5, 0.6) is 0 Å². The van der Waals surface area contributed by atoms with Crippen LogP contribution < -0.4 is 0 Å². The second-order valence-electron chi connectivity index (χ2n) is 7.15. The predicted octanol–water partition coefficient (Wildman–Crippen LogP) is 6.93. The third-order valence-electron chi connectivity index (χ3n) is 4.83. The van der Waals surface area contributed by atoms with Gasteiger partial charge < -0.3 is 4.90 Å². The van der Waals surface area contributed by atoms with Gasteiger partial charge in [0.2, 0.25) is 0 Å². The van der Waals surface area contributed by atoms with E-state index in [-0.39, 0.29) is 5.91 Å². The molecule has 0 saturated heterocycles. The van der Waals surface area contributed by atoms with Crippen molar-refractivity contribution >= 4 is 52.0 Å². The van der Waals surface area contributed by atoms with Crippen molar-refractivity contribution < 1.29 is 4.79 Å². The van der Waals surface area contributed by atoms with Crippen LogP contribution in [0.4, 0.5) is 0 Å². The molecule has 1 amide bonds. The molecule has 4 nitrogen and oxygen atoms in total. The molecule has 2 aromatic carbocycles. The number of carbonyl (C=O) groups is 1. The number of thiazole rings is 1. The molecule has 0 spiro atoms. The quantitative estimate of drug-likeness (QED) is 0.275. The van der Waals surface area contributed by atoms with Gasteiger partial charge in [-0.1, -0.05) is 53.0 Å². The third-order valence-corrected chi connectivity index (χ3v) is 6.63. The molecule has 4 rings (SSSR count). The maximum Gasteiger partial charge on any atom is 0.273 e. The zero-order chi connectivity index (χ0) is 22.5. The summed E-state index contributed by atoms with van der Waals surface area (Å²) in [7, 11) is 0. The molecule has 0 atom stereocenters. The highest BCUT2D eigenvalue weighted by Crippen LogP contribution is 2.28. The topological polar surface area (TPSA) is 46.1 Å². The van der Waals surface area contributed by atoms with Gasteiger partial charge in [0.15, 0.2) is 0 Å². The Labute approximate surface area is 205 Å². The smallest absolute Gasteiger partial charge is 0.273 e. The normalized spacial score (nSPS) is 10.8. The largest absolute Gasteiger partial charge is 0.329 e. The van der Waals surface area contributed by atoms with Gasteiger partial charge in [-0.2, -0.15) is 0 Å². The Hall–Kier alpha value is -2.44. The van der Waals surface area contributed by atoms with E-state index in [9.17, 15) is 4.79 Å². The van der Waals surface area contributed by atoms with Crippen LogP contribution in [0.3, 0.4) is 0 Å². The van der Waals surface area contributed by atoms with E-state index in [1.165, 1.54) is 11.3 Å². The Balaban J connectivity index is 1.57. The number of hydrogen-bond acceptors (Lipinski definition) is 4. The molecule has 2 aromatic heterocycles.